The Morgan fingerprint density at radius 2 is 1.11 bits per heavy atom. The van der Waals surface area contributed by atoms with E-state index >= 15 is 0 Å². The van der Waals surface area contributed by atoms with Crippen molar-refractivity contribution in [3.63, 3.8) is 0 Å². The van der Waals surface area contributed by atoms with Crippen molar-refractivity contribution in [1.29, 1.82) is 0 Å². The predicted octanol–water partition coefficient (Wildman–Crippen LogP) is 3.66. The topological polar surface area (TPSA) is 37.3 Å². The van der Waals surface area contributed by atoms with E-state index < -0.39 is 12.9 Å². The molecule has 1 radical (unpaired) electrons. The minimum absolute atomic E-state index is 0. The first-order chi connectivity index (χ1) is 12.7. The van der Waals surface area contributed by atoms with E-state index in [-0.39, 0.29) is 36.0 Å². The Balaban J connectivity index is 0.00000261. The summed E-state index contributed by atoms with van der Waals surface area (Å²) < 4.78 is 0. The second-order valence-electron chi connectivity index (χ2n) is 6.20. The van der Waals surface area contributed by atoms with Gasteiger partial charge in [0.1, 0.15) is 0 Å². The van der Waals surface area contributed by atoms with Crippen molar-refractivity contribution >= 4 is 64.1 Å². The molecule has 0 spiro atoms. The van der Waals surface area contributed by atoms with Gasteiger partial charge in [0.15, 0.2) is 0 Å². The molecule has 1 N–H and O–H groups in total. The zero-order valence-corrected chi connectivity index (χ0v) is 18.6. The van der Waals surface area contributed by atoms with E-state index in [1.54, 1.807) is 0 Å². The van der Waals surface area contributed by atoms with Crippen molar-refractivity contribution in [2.24, 2.45) is 0 Å². The van der Waals surface area contributed by atoms with E-state index in [0.29, 0.717) is 6.42 Å². The van der Waals surface area contributed by atoms with Gasteiger partial charge >= 0.3 is 5.97 Å². The summed E-state index contributed by atoms with van der Waals surface area (Å²) in [4.78, 5) is 10.9. The number of rotatable bonds is 7. The van der Waals surface area contributed by atoms with Crippen LogP contribution in [-0.2, 0) is 4.79 Å². The molecule has 0 saturated carbocycles. The Hall–Kier alpha value is -1.57. The molecule has 27 heavy (non-hydrogen) atoms. The molecule has 4 heteroatoms. The minimum atomic E-state index is -1.93. The van der Waals surface area contributed by atoms with Crippen LogP contribution in [0.25, 0.3) is 0 Å². The van der Waals surface area contributed by atoms with Crippen LogP contribution < -0.4 is 15.9 Å². The molecule has 0 fully saturated rings. The molecule has 3 aromatic rings. The van der Waals surface area contributed by atoms with Crippen molar-refractivity contribution in [3.05, 3.63) is 91.0 Å². The van der Waals surface area contributed by atoms with E-state index in [9.17, 15) is 4.79 Å². The maximum Gasteiger partial charge on any atom is 0.303 e. The summed E-state index contributed by atoms with van der Waals surface area (Å²) in [5, 5.41) is 12.9. The normalized spacial score (nSPS) is 10.7. The molecule has 0 aliphatic rings. The van der Waals surface area contributed by atoms with Gasteiger partial charge < -0.3 is 5.11 Å². The van der Waals surface area contributed by atoms with E-state index in [2.05, 4.69) is 78.6 Å². The molecule has 133 valence electrons. The summed E-state index contributed by atoms with van der Waals surface area (Å²) >= 11 is 0. The van der Waals surface area contributed by atoms with Crippen molar-refractivity contribution in [2.75, 3.05) is 0 Å². The van der Waals surface area contributed by atoms with Crippen LogP contribution in [0.5, 0.6) is 0 Å². The molecule has 3 aromatic carbocycles. The van der Waals surface area contributed by atoms with Crippen LogP contribution in [0.2, 0.25) is 0 Å². The van der Waals surface area contributed by atoms with E-state index in [4.69, 9.17) is 5.11 Å². The summed E-state index contributed by atoms with van der Waals surface area (Å²) in [7, 11) is 0. The molecular formula is C23H23NaO2P. The zero-order chi connectivity index (χ0) is 18.2. The molecular weight excluding hydrogens is 362 g/mol. The number of unbranched alkanes of at least 4 members (excludes halogenated alkanes) is 1. The Labute approximate surface area is 183 Å². The fraction of sp³-hybridized carbons (Fsp3) is 0.130. The maximum absolute atomic E-state index is 10.9. The van der Waals surface area contributed by atoms with Crippen LogP contribution >= 0.6 is 6.89 Å². The molecule has 0 aromatic heterocycles. The van der Waals surface area contributed by atoms with Gasteiger partial charge in [-0.05, 0) is 35.6 Å². The summed E-state index contributed by atoms with van der Waals surface area (Å²) in [6, 6.07) is 31.8. The average Bonchev–Trinajstić information content (AvgIpc) is 2.70. The van der Waals surface area contributed by atoms with Crippen LogP contribution in [0.4, 0.5) is 0 Å². The van der Waals surface area contributed by atoms with Gasteiger partial charge in [0.05, 0.1) is 0 Å². The summed E-state index contributed by atoms with van der Waals surface area (Å²) in [6.45, 7) is -1.93. The van der Waals surface area contributed by atoms with Gasteiger partial charge in [0.25, 0.3) is 0 Å². The smallest absolute Gasteiger partial charge is 0.303 e. The number of carboxylic acids is 1. The molecule has 0 bridgehead atoms. The van der Waals surface area contributed by atoms with Gasteiger partial charge in [-0.1, -0.05) is 96.8 Å². The van der Waals surface area contributed by atoms with E-state index in [1.165, 1.54) is 15.9 Å². The monoisotopic (exact) mass is 385 g/mol. The quantitative estimate of drug-likeness (QED) is 0.383. The van der Waals surface area contributed by atoms with E-state index in [0.717, 1.165) is 6.42 Å². The Bertz CT molecular complexity index is 790. The van der Waals surface area contributed by atoms with Gasteiger partial charge in [-0.2, -0.15) is 0 Å². The fourth-order valence-corrected chi connectivity index (χ4v) is 7.32. The molecule has 0 unspecified atom stereocenters. The van der Waals surface area contributed by atoms with Crippen LogP contribution in [-0.4, -0.2) is 46.4 Å². The van der Waals surface area contributed by atoms with Crippen molar-refractivity contribution in [3.8, 4) is 0 Å². The standard InChI is InChI=1S/C23H23O2P.Na/c24-23(25)18-10-11-19-26(20-12-4-1-5-13-20,21-14-6-2-7-15-21)22-16-8-3-9-17-22;/h1-9,12-17,19H,10-11,18H2,(H,24,25);. The number of hydrogen-bond acceptors (Lipinski definition) is 1. The SMILES string of the molecule is O=C(O)CCCC=P(c1ccccc1)(c1ccccc1)c1ccccc1.[Na]. The van der Waals surface area contributed by atoms with Crippen LogP contribution in [0.1, 0.15) is 19.3 Å². The fourth-order valence-electron chi connectivity index (χ4n) is 3.29. The average molecular weight is 385 g/mol. The largest absolute Gasteiger partial charge is 0.481 e. The van der Waals surface area contributed by atoms with Crippen molar-refractivity contribution < 1.29 is 9.90 Å². The second kappa shape index (κ2) is 10.7. The molecule has 3 rings (SSSR count). The Morgan fingerprint density at radius 3 is 1.44 bits per heavy atom. The molecule has 0 amide bonds. The zero-order valence-electron chi connectivity index (χ0n) is 15.7. The third-order valence-electron chi connectivity index (χ3n) is 4.49. The second-order valence-corrected chi connectivity index (χ2v) is 9.56. The predicted molar refractivity (Wildman–Crippen MR) is 118 cm³/mol. The third-order valence-corrected chi connectivity index (χ3v) is 8.63. The number of hydrogen-bond donors (Lipinski definition) is 1. The molecule has 0 saturated heterocycles. The molecule has 0 atom stereocenters. The molecule has 2 nitrogen and oxygen atoms in total. The number of benzene rings is 3. The van der Waals surface area contributed by atoms with Crippen LogP contribution in [0.3, 0.4) is 0 Å². The van der Waals surface area contributed by atoms with Gasteiger partial charge in [-0.3, -0.25) is 4.79 Å². The van der Waals surface area contributed by atoms with Crippen molar-refractivity contribution in [2.45, 2.75) is 19.3 Å². The first kappa shape index (κ1) is 21.7. The summed E-state index contributed by atoms with van der Waals surface area (Å²) in [5.74, 6) is 1.65. The third kappa shape index (κ3) is 5.24. The van der Waals surface area contributed by atoms with Gasteiger partial charge in [0.2, 0.25) is 0 Å². The Morgan fingerprint density at radius 1 is 0.741 bits per heavy atom. The summed E-state index contributed by atoms with van der Waals surface area (Å²) in [5.41, 5.74) is 0. The van der Waals surface area contributed by atoms with Crippen LogP contribution in [0.15, 0.2) is 91.0 Å². The van der Waals surface area contributed by atoms with E-state index in [1.807, 2.05) is 18.2 Å². The first-order valence-corrected chi connectivity index (χ1v) is 10.7. The van der Waals surface area contributed by atoms with Crippen LogP contribution in [0, 0.1) is 0 Å². The molecule has 0 heterocycles. The Kier molecular flexibility index (Phi) is 8.60. The minimum Gasteiger partial charge on any atom is -0.481 e. The number of carboxylic acid groups (broad SMARTS) is 1. The maximum atomic E-state index is 10.9. The van der Waals surface area contributed by atoms with Crippen molar-refractivity contribution in [1.82, 2.24) is 0 Å². The van der Waals surface area contributed by atoms with Gasteiger partial charge in [-0.15, -0.1) is 0 Å². The molecule has 0 aliphatic carbocycles. The first-order valence-electron chi connectivity index (χ1n) is 8.85. The van der Waals surface area contributed by atoms with Gasteiger partial charge in [0, 0.05) is 36.0 Å². The number of aliphatic carboxylic acids is 1. The number of carbonyl (C=O) groups is 1. The summed E-state index contributed by atoms with van der Waals surface area (Å²) in [6.07, 6.45) is 1.64. The molecule has 0 aliphatic heterocycles. The van der Waals surface area contributed by atoms with Gasteiger partial charge in [-0.25, -0.2) is 0 Å².